The van der Waals surface area contributed by atoms with Crippen LogP contribution in [0.2, 0.25) is 0 Å². The first-order valence-corrected chi connectivity index (χ1v) is 9.43. The predicted molar refractivity (Wildman–Crippen MR) is 86.0 cm³/mol. The molecule has 0 bridgehead atoms. The molecule has 0 aromatic heterocycles. The van der Waals surface area contributed by atoms with Gasteiger partial charge >= 0.3 is 0 Å². The minimum atomic E-state index is -1.66. The van der Waals surface area contributed by atoms with Crippen LogP contribution >= 0.6 is 0 Å². The number of fused-ring (bicyclic) bond motifs is 2. The van der Waals surface area contributed by atoms with Crippen molar-refractivity contribution in [2.45, 2.75) is 24.5 Å². The molecule has 0 aliphatic carbocycles. The van der Waals surface area contributed by atoms with Crippen LogP contribution in [0, 0.1) is 17.5 Å². The fourth-order valence-electron chi connectivity index (χ4n) is 2.65. The summed E-state index contributed by atoms with van der Waals surface area (Å²) in [6, 6.07) is 14.3. The molecule has 1 nitrogen and oxygen atoms in total. The van der Waals surface area contributed by atoms with E-state index in [9.17, 15) is 17.4 Å². The van der Waals surface area contributed by atoms with E-state index in [1.165, 1.54) is 36.4 Å². The minimum Gasteiger partial charge on any atom is -0.249 e. The van der Waals surface area contributed by atoms with Gasteiger partial charge in [-0.15, -0.1) is 0 Å². The summed E-state index contributed by atoms with van der Waals surface area (Å²) in [6.45, 7) is 0. The zero-order chi connectivity index (χ0) is 16.8. The Morgan fingerprint density at radius 2 is 1.12 bits per heavy atom. The first-order valence-electron chi connectivity index (χ1n) is 7.05. The normalized spacial score (nSPS) is 18.8. The van der Waals surface area contributed by atoms with E-state index in [4.69, 9.17) is 0 Å². The number of benzene rings is 3. The van der Waals surface area contributed by atoms with E-state index < -0.39 is 33.3 Å². The maximum absolute atomic E-state index is 13.7. The van der Waals surface area contributed by atoms with Crippen LogP contribution in [0.3, 0.4) is 0 Å². The molecule has 0 saturated heterocycles. The van der Waals surface area contributed by atoms with Crippen molar-refractivity contribution < 1.29 is 17.4 Å². The lowest BCUT2D eigenvalue weighted by atomic mass is 10.3. The summed E-state index contributed by atoms with van der Waals surface area (Å²) in [5, 5.41) is 0. The Morgan fingerprint density at radius 1 is 0.667 bits per heavy atom. The number of rotatable bonds is 1. The SMILES string of the molecule is O=S1c2cc(F)ccc2[S+](c2ccc(F)cc2)c2ccc(F)cc21. The fourth-order valence-corrected chi connectivity index (χ4v) is 6.87. The van der Waals surface area contributed by atoms with Crippen LogP contribution in [0.4, 0.5) is 13.2 Å². The van der Waals surface area contributed by atoms with Crippen molar-refractivity contribution in [1.29, 1.82) is 0 Å². The van der Waals surface area contributed by atoms with E-state index in [-0.39, 0.29) is 5.82 Å². The summed E-state index contributed by atoms with van der Waals surface area (Å²) in [5.41, 5.74) is 0. The van der Waals surface area contributed by atoms with E-state index in [1.807, 2.05) is 0 Å². The van der Waals surface area contributed by atoms with Gasteiger partial charge in [0.2, 0.25) is 0 Å². The van der Waals surface area contributed by atoms with Gasteiger partial charge in [0.15, 0.2) is 14.7 Å². The molecule has 1 aliphatic heterocycles. The molecule has 3 aromatic rings. The summed E-state index contributed by atoms with van der Waals surface area (Å²) >= 11 is 0. The lowest BCUT2D eigenvalue weighted by Crippen LogP contribution is -2.17. The Bertz CT molecular complexity index is 915. The lowest BCUT2D eigenvalue weighted by molar-refractivity contribution is 0.615. The molecule has 4 rings (SSSR count). The Kier molecular flexibility index (Phi) is 3.73. The molecule has 120 valence electrons. The number of halogens is 3. The molecule has 1 heterocycles. The van der Waals surface area contributed by atoms with Gasteiger partial charge in [-0.25, -0.2) is 17.4 Å². The van der Waals surface area contributed by atoms with Crippen LogP contribution in [0.1, 0.15) is 0 Å². The summed E-state index contributed by atoms with van der Waals surface area (Å²) in [5.74, 6) is -1.35. The van der Waals surface area contributed by atoms with Crippen molar-refractivity contribution in [3.63, 3.8) is 0 Å². The van der Waals surface area contributed by atoms with E-state index >= 15 is 0 Å². The van der Waals surface area contributed by atoms with Crippen LogP contribution in [0.25, 0.3) is 0 Å². The molecule has 3 aromatic carbocycles. The third kappa shape index (κ3) is 2.46. The standard InChI is InChI=1S/C18H10F3OS2/c19-11-1-5-14(6-2-11)23-15-7-3-12(20)9-17(15)24(22)18-10-13(21)4-8-16(18)23/h1-10H/q+1. The summed E-state index contributed by atoms with van der Waals surface area (Å²) in [7, 11) is -2.35. The van der Waals surface area contributed by atoms with Crippen molar-refractivity contribution in [3.05, 3.63) is 78.1 Å². The van der Waals surface area contributed by atoms with Crippen LogP contribution in [-0.4, -0.2) is 4.21 Å². The Morgan fingerprint density at radius 3 is 1.62 bits per heavy atom. The minimum absolute atomic E-state index is 0.334. The average molecular weight is 363 g/mol. The van der Waals surface area contributed by atoms with Crippen molar-refractivity contribution in [2.24, 2.45) is 0 Å². The molecular weight excluding hydrogens is 353 g/mol. The first-order chi connectivity index (χ1) is 11.5. The largest absolute Gasteiger partial charge is 0.249 e. The molecule has 0 N–H and O–H groups in total. The smallest absolute Gasteiger partial charge is 0.183 e. The van der Waals surface area contributed by atoms with Crippen LogP contribution < -0.4 is 0 Å². The molecule has 0 unspecified atom stereocenters. The highest BCUT2D eigenvalue weighted by Crippen LogP contribution is 2.43. The summed E-state index contributed by atoms with van der Waals surface area (Å²) in [4.78, 5) is 2.89. The molecule has 24 heavy (non-hydrogen) atoms. The number of hydrogen-bond acceptors (Lipinski definition) is 1. The molecule has 0 fully saturated rings. The molecular formula is C18H10F3OS2+. The maximum Gasteiger partial charge on any atom is 0.183 e. The monoisotopic (exact) mass is 363 g/mol. The molecule has 0 amide bonds. The van der Waals surface area contributed by atoms with Crippen molar-refractivity contribution in [3.8, 4) is 0 Å². The van der Waals surface area contributed by atoms with Crippen molar-refractivity contribution in [2.75, 3.05) is 0 Å². The highest BCUT2D eigenvalue weighted by atomic mass is 32.2. The molecule has 0 radical (unpaired) electrons. The molecule has 0 atom stereocenters. The zero-order valence-corrected chi connectivity index (χ0v) is 13.8. The van der Waals surface area contributed by atoms with E-state index in [2.05, 4.69) is 0 Å². The fraction of sp³-hybridized carbons (Fsp3) is 0. The highest BCUT2D eigenvalue weighted by Gasteiger charge is 2.41. The summed E-state index contributed by atoms with van der Waals surface area (Å²) < 4.78 is 53.3. The van der Waals surface area contributed by atoms with E-state index in [0.29, 0.717) is 19.6 Å². The van der Waals surface area contributed by atoms with Gasteiger partial charge in [-0.3, -0.25) is 0 Å². The van der Waals surface area contributed by atoms with E-state index in [0.717, 1.165) is 4.90 Å². The van der Waals surface area contributed by atoms with Gasteiger partial charge in [0.05, 0.1) is 10.8 Å². The quantitative estimate of drug-likeness (QED) is 0.449. The molecule has 0 saturated carbocycles. The Hall–Kier alpha value is -2.05. The van der Waals surface area contributed by atoms with Crippen LogP contribution in [0.15, 0.2) is 85.1 Å². The Labute approximate surface area is 142 Å². The van der Waals surface area contributed by atoms with Crippen molar-refractivity contribution >= 4 is 21.7 Å². The predicted octanol–water partition coefficient (Wildman–Crippen LogP) is 4.68. The highest BCUT2D eigenvalue weighted by molar-refractivity contribution is 7.99. The molecule has 1 aliphatic rings. The Balaban J connectivity index is 2.01. The second-order valence-electron chi connectivity index (χ2n) is 5.21. The summed E-state index contributed by atoms with van der Waals surface area (Å²) in [6.07, 6.45) is 0. The lowest BCUT2D eigenvalue weighted by Gasteiger charge is -2.19. The average Bonchev–Trinajstić information content (AvgIpc) is 2.57. The third-order valence-corrected chi connectivity index (χ3v) is 7.77. The topological polar surface area (TPSA) is 17.1 Å². The molecule has 0 spiro atoms. The van der Waals surface area contributed by atoms with Gasteiger partial charge in [0, 0.05) is 0 Å². The van der Waals surface area contributed by atoms with Gasteiger partial charge in [0.1, 0.15) is 38.1 Å². The van der Waals surface area contributed by atoms with Gasteiger partial charge in [-0.1, -0.05) is 0 Å². The molecule has 6 heteroatoms. The van der Waals surface area contributed by atoms with Gasteiger partial charge in [-0.05, 0) is 60.7 Å². The second-order valence-corrected chi connectivity index (χ2v) is 8.59. The van der Waals surface area contributed by atoms with Crippen molar-refractivity contribution in [1.82, 2.24) is 0 Å². The second kappa shape index (κ2) is 5.79. The third-order valence-electron chi connectivity index (χ3n) is 3.70. The maximum atomic E-state index is 13.7. The van der Waals surface area contributed by atoms with Crippen LogP contribution in [-0.2, 0) is 21.7 Å². The van der Waals surface area contributed by atoms with Gasteiger partial charge in [0.25, 0.3) is 0 Å². The number of hydrogen-bond donors (Lipinski definition) is 0. The van der Waals surface area contributed by atoms with Gasteiger partial charge < -0.3 is 0 Å². The van der Waals surface area contributed by atoms with E-state index in [1.54, 1.807) is 24.3 Å². The van der Waals surface area contributed by atoms with Crippen LogP contribution in [0.5, 0.6) is 0 Å². The first kappa shape index (κ1) is 15.5. The van der Waals surface area contributed by atoms with Gasteiger partial charge in [-0.2, -0.15) is 0 Å². The zero-order valence-electron chi connectivity index (χ0n) is 12.1.